The minimum absolute atomic E-state index is 0.358. The number of likely N-dealkylation sites (N-methyl/N-ethyl adjacent to an activating group) is 1. The van der Waals surface area contributed by atoms with Crippen LogP contribution >= 0.6 is 0 Å². The minimum atomic E-state index is -3.43. The molecule has 102 valence electrons. The van der Waals surface area contributed by atoms with Crippen LogP contribution in [0, 0.1) is 6.92 Å². The SMILES string of the molecule is Cc1ccccc1S(=O)(=O)N(C)CCc1ccco1. The van der Waals surface area contributed by atoms with Crippen LogP contribution in [0.1, 0.15) is 11.3 Å². The van der Waals surface area contributed by atoms with Crippen molar-refractivity contribution in [1.29, 1.82) is 0 Å². The van der Waals surface area contributed by atoms with Crippen LogP contribution in [0.15, 0.2) is 52.0 Å². The van der Waals surface area contributed by atoms with E-state index in [9.17, 15) is 8.42 Å². The van der Waals surface area contributed by atoms with Crippen LogP contribution in [0.25, 0.3) is 0 Å². The predicted molar refractivity (Wildman–Crippen MR) is 73.4 cm³/mol. The maximum atomic E-state index is 12.4. The Morgan fingerprint density at radius 3 is 2.53 bits per heavy atom. The van der Waals surface area contributed by atoms with Gasteiger partial charge in [-0.1, -0.05) is 18.2 Å². The molecule has 0 radical (unpaired) electrons. The molecule has 0 saturated heterocycles. The van der Waals surface area contributed by atoms with Gasteiger partial charge in [0, 0.05) is 20.0 Å². The summed E-state index contributed by atoms with van der Waals surface area (Å²) in [5.74, 6) is 0.784. The first-order chi connectivity index (χ1) is 9.01. The first kappa shape index (κ1) is 13.8. The van der Waals surface area contributed by atoms with Crippen LogP contribution in [0.4, 0.5) is 0 Å². The number of furan rings is 1. The Morgan fingerprint density at radius 1 is 1.16 bits per heavy atom. The minimum Gasteiger partial charge on any atom is -0.469 e. The Labute approximate surface area is 113 Å². The van der Waals surface area contributed by atoms with E-state index in [0.717, 1.165) is 11.3 Å². The van der Waals surface area contributed by atoms with Gasteiger partial charge in [-0.25, -0.2) is 12.7 Å². The van der Waals surface area contributed by atoms with E-state index in [1.807, 2.05) is 12.1 Å². The Kier molecular flexibility index (Phi) is 4.07. The van der Waals surface area contributed by atoms with E-state index in [4.69, 9.17) is 4.42 Å². The number of hydrogen-bond acceptors (Lipinski definition) is 3. The van der Waals surface area contributed by atoms with Crippen molar-refractivity contribution in [2.24, 2.45) is 0 Å². The third kappa shape index (κ3) is 3.05. The molecule has 0 amide bonds. The summed E-state index contributed by atoms with van der Waals surface area (Å²) in [4.78, 5) is 0.358. The van der Waals surface area contributed by atoms with E-state index < -0.39 is 10.0 Å². The molecule has 1 aromatic heterocycles. The van der Waals surface area contributed by atoms with Crippen LogP contribution < -0.4 is 0 Å². The second-order valence-corrected chi connectivity index (χ2v) is 6.43. The molecule has 0 unspecified atom stereocenters. The number of nitrogens with zero attached hydrogens (tertiary/aromatic N) is 1. The van der Waals surface area contributed by atoms with Crippen LogP contribution in [-0.2, 0) is 16.4 Å². The molecule has 1 aromatic carbocycles. The van der Waals surface area contributed by atoms with E-state index in [2.05, 4.69) is 0 Å². The first-order valence-corrected chi connectivity index (χ1v) is 7.50. The van der Waals surface area contributed by atoms with Crippen LogP contribution in [0.3, 0.4) is 0 Å². The van der Waals surface area contributed by atoms with Gasteiger partial charge in [-0.3, -0.25) is 0 Å². The lowest BCUT2D eigenvalue weighted by molar-refractivity contribution is 0.441. The summed E-state index contributed by atoms with van der Waals surface area (Å²) in [7, 11) is -1.84. The molecule has 0 spiro atoms. The van der Waals surface area contributed by atoms with Gasteiger partial charge in [-0.2, -0.15) is 0 Å². The van der Waals surface area contributed by atoms with Crippen molar-refractivity contribution in [3.05, 3.63) is 54.0 Å². The molecule has 0 N–H and O–H groups in total. The number of rotatable bonds is 5. The molecule has 5 heteroatoms. The predicted octanol–water partition coefficient (Wildman–Crippen LogP) is 2.45. The van der Waals surface area contributed by atoms with Crippen molar-refractivity contribution in [3.63, 3.8) is 0 Å². The van der Waals surface area contributed by atoms with Crippen LogP contribution in [0.5, 0.6) is 0 Å². The third-order valence-corrected chi connectivity index (χ3v) is 5.05. The summed E-state index contributed by atoms with van der Waals surface area (Å²) < 4.78 is 31.4. The summed E-state index contributed by atoms with van der Waals surface area (Å²) in [6.07, 6.45) is 2.15. The molecule has 1 heterocycles. The van der Waals surface area contributed by atoms with E-state index in [-0.39, 0.29) is 0 Å². The fourth-order valence-electron chi connectivity index (χ4n) is 1.86. The summed E-state index contributed by atoms with van der Waals surface area (Å²) in [5.41, 5.74) is 0.757. The zero-order valence-corrected chi connectivity index (χ0v) is 11.9. The lowest BCUT2D eigenvalue weighted by Gasteiger charge is -2.17. The standard InChI is InChI=1S/C14H17NO3S/c1-12-6-3-4-8-14(12)19(16,17)15(2)10-9-13-7-5-11-18-13/h3-8,11H,9-10H2,1-2H3. The normalized spacial score (nSPS) is 11.9. The molecule has 0 saturated carbocycles. The monoisotopic (exact) mass is 279 g/mol. The van der Waals surface area contributed by atoms with Crippen molar-refractivity contribution >= 4 is 10.0 Å². The van der Waals surface area contributed by atoms with Crippen LogP contribution in [-0.4, -0.2) is 26.3 Å². The van der Waals surface area contributed by atoms with E-state index in [0.29, 0.717) is 17.9 Å². The Hall–Kier alpha value is -1.59. The lowest BCUT2D eigenvalue weighted by atomic mass is 10.2. The quantitative estimate of drug-likeness (QED) is 0.844. The topological polar surface area (TPSA) is 50.5 Å². The molecular formula is C14H17NO3S. The van der Waals surface area contributed by atoms with Gasteiger partial charge >= 0.3 is 0 Å². The fourth-order valence-corrected chi connectivity index (χ4v) is 3.25. The Balaban J connectivity index is 2.13. The highest BCUT2D eigenvalue weighted by Gasteiger charge is 2.22. The van der Waals surface area contributed by atoms with Gasteiger partial charge in [0.2, 0.25) is 10.0 Å². The highest BCUT2D eigenvalue weighted by molar-refractivity contribution is 7.89. The maximum Gasteiger partial charge on any atom is 0.243 e. The van der Waals surface area contributed by atoms with Gasteiger partial charge < -0.3 is 4.42 Å². The Bertz CT molecular complexity index is 632. The molecule has 0 aliphatic heterocycles. The Morgan fingerprint density at radius 2 is 1.89 bits per heavy atom. The lowest BCUT2D eigenvalue weighted by Crippen LogP contribution is -2.29. The zero-order valence-electron chi connectivity index (χ0n) is 11.0. The molecule has 2 rings (SSSR count). The fraction of sp³-hybridized carbons (Fsp3) is 0.286. The molecule has 19 heavy (non-hydrogen) atoms. The molecular weight excluding hydrogens is 262 g/mol. The van der Waals surface area contributed by atoms with Gasteiger partial charge in [0.1, 0.15) is 5.76 Å². The largest absolute Gasteiger partial charge is 0.469 e. The smallest absolute Gasteiger partial charge is 0.243 e. The molecule has 0 fully saturated rings. The number of hydrogen-bond donors (Lipinski definition) is 0. The third-order valence-electron chi connectivity index (χ3n) is 3.04. The average molecular weight is 279 g/mol. The average Bonchev–Trinajstić information content (AvgIpc) is 2.89. The van der Waals surface area contributed by atoms with Gasteiger partial charge in [0.05, 0.1) is 11.2 Å². The summed E-state index contributed by atoms with van der Waals surface area (Å²) in [6.45, 7) is 2.19. The van der Waals surface area contributed by atoms with Gasteiger partial charge in [-0.15, -0.1) is 0 Å². The molecule has 0 aliphatic rings. The first-order valence-electron chi connectivity index (χ1n) is 6.06. The van der Waals surface area contributed by atoms with E-state index in [1.54, 1.807) is 44.5 Å². The maximum absolute atomic E-state index is 12.4. The molecule has 4 nitrogen and oxygen atoms in total. The van der Waals surface area contributed by atoms with Gasteiger partial charge in [0.15, 0.2) is 0 Å². The summed E-state index contributed by atoms with van der Waals surface area (Å²) >= 11 is 0. The summed E-state index contributed by atoms with van der Waals surface area (Å²) in [6, 6.07) is 10.6. The molecule has 2 aromatic rings. The van der Waals surface area contributed by atoms with E-state index >= 15 is 0 Å². The summed E-state index contributed by atoms with van der Waals surface area (Å²) in [5, 5.41) is 0. The number of sulfonamides is 1. The van der Waals surface area contributed by atoms with Crippen molar-refractivity contribution in [2.45, 2.75) is 18.2 Å². The van der Waals surface area contributed by atoms with E-state index in [1.165, 1.54) is 4.31 Å². The zero-order chi connectivity index (χ0) is 13.9. The van der Waals surface area contributed by atoms with Crippen molar-refractivity contribution in [3.8, 4) is 0 Å². The van der Waals surface area contributed by atoms with Crippen LogP contribution in [0.2, 0.25) is 0 Å². The highest BCUT2D eigenvalue weighted by atomic mass is 32.2. The van der Waals surface area contributed by atoms with Crippen molar-refractivity contribution in [1.82, 2.24) is 4.31 Å². The van der Waals surface area contributed by atoms with Gasteiger partial charge in [-0.05, 0) is 30.7 Å². The number of benzene rings is 1. The second-order valence-electron chi connectivity index (χ2n) is 4.42. The molecule has 0 atom stereocenters. The molecule has 0 aliphatic carbocycles. The van der Waals surface area contributed by atoms with Gasteiger partial charge in [0.25, 0.3) is 0 Å². The molecule has 0 bridgehead atoms. The second kappa shape index (κ2) is 5.59. The highest BCUT2D eigenvalue weighted by Crippen LogP contribution is 2.18. The van der Waals surface area contributed by atoms with Crippen molar-refractivity contribution in [2.75, 3.05) is 13.6 Å². The van der Waals surface area contributed by atoms with Crippen molar-refractivity contribution < 1.29 is 12.8 Å². The number of aryl methyl sites for hydroxylation is 1.